The molecule has 10 heteroatoms. The zero-order valence-corrected chi connectivity index (χ0v) is 12.7. The van der Waals surface area contributed by atoms with E-state index in [1.807, 2.05) is 0 Å². The van der Waals surface area contributed by atoms with Crippen molar-refractivity contribution in [1.82, 2.24) is 14.5 Å². The lowest BCUT2D eigenvalue weighted by Crippen LogP contribution is -2.23. The lowest BCUT2D eigenvalue weighted by Gasteiger charge is -2.06. The predicted molar refractivity (Wildman–Crippen MR) is 75.0 cm³/mol. The number of nitrogens with zero attached hydrogens (tertiary/aromatic N) is 2. The number of sulfonamides is 2. The molecular weight excluding hydrogens is 316 g/mol. The molecule has 114 valence electrons. The summed E-state index contributed by atoms with van der Waals surface area (Å²) in [5, 5.41) is 8.81. The fourth-order valence-corrected chi connectivity index (χ4v) is 3.22. The largest absolute Gasteiger partial charge is 0.274 e. The summed E-state index contributed by atoms with van der Waals surface area (Å²) in [4.78, 5) is -0.0341. The molecule has 0 aliphatic heterocycles. The molecular formula is C11H14N4O4S2. The van der Waals surface area contributed by atoms with Crippen LogP contribution in [0.2, 0.25) is 0 Å². The van der Waals surface area contributed by atoms with Gasteiger partial charge in [-0.3, -0.25) is 4.68 Å². The van der Waals surface area contributed by atoms with Crippen LogP contribution in [0.1, 0.15) is 5.56 Å². The zero-order valence-electron chi connectivity index (χ0n) is 11.1. The second-order valence-corrected chi connectivity index (χ2v) is 7.70. The highest BCUT2D eigenvalue weighted by molar-refractivity contribution is 7.89. The molecule has 0 aliphatic rings. The van der Waals surface area contributed by atoms with Crippen molar-refractivity contribution in [2.24, 2.45) is 12.2 Å². The maximum atomic E-state index is 12.0. The van der Waals surface area contributed by atoms with Gasteiger partial charge < -0.3 is 0 Å². The highest BCUT2D eigenvalue weighted by Crippen LogP contribution is 2.11. The number of primary sulfonamides is 1. The first kappa shape index (κ1) is 15.6. The van der Waals surface area contributed by atoms with Crippen LogP contribution in [-0.2, 0) is 33.6 Å². The second-order valence-electron chi connectivity index (χ2n) is 4.37. The molecule has 0 saturated carbocycles. The third kappa shape index (κ3) is 3.88. The summed E-state index contributed by atoms with van der Waals surface area (Å²) in [6, 6.07) is 5.75. The number of hydrogen-bond acceptors (Lipinski definition) is 5. The van der Waals surface area contributed by atoms with Gasteiger partial charge in [0.1, 0.15) is 4.90 Å². The van der Waals surface area contributed by atoms with E-state index in [0.29, 0.717) is 5.56 Å². The van der Waals surface area contributed by atoms with Crippen molar-refractivity contribution in [3.05, 3.63) is 42.2 Å². The summed E-state index contributed by atoms with van der Waals surface area (Å²) in [6.45, 7) is -0.0550. The molecule has 0 bridgehead atoms. The lowest BCUT2D eigenvalue weighted by atomic mass is 10.2. The Morgan fingerprint density at radius 3 is 2.52 bits per heavy atom. The monoisotopic (exact) mass is 330 g/mol. The van der Waals surface area contributed by atoms with E-state index in [1.54, 1.807) is 13.1 Å². The van der Waals surface area contributed by atoms with Crippen LogP contribution in [0.15, 0.2) is 46.5 Å². The van der Waals surface area contributed by atoms with Crippen LogP contribution >= 0.6 is 0 Å². The van der Waals surface area contributed by atoms with Gasteiger partial charge in [0.2, 0.25) is 20.0 Å². The summed E-state index contributed by atoms with van der Waals surface area (Å²) in [7, 11) is -5.91. The minimum Gasteiger partial charge on any atom is -0.274 e. The van der Waals surface area contributed by atoms with Crippen LogP contribution in [0.5, 0.6) is 0 Å². The first-order valence-corrected chi connectivity index (χ1v) is 8.81. The van der Waals surface area contributed by atoms with Crippen LogP contribution in [-0.4, -0.2) is 26.6 Å². The van der Waals surface area contributed by atoms with E-state index >= 15 is 0 Å². The van der Waals surface area contributed by atoms with Gasteiger partial charge in [-0.25, -0.2) is 26.7 Å². The lowest BCUT2D eigenvalue weighted by molar-refractivity contribution is 0.581. The SMILES string of the molecule is Cn1cc(S(=O)(=O)NCc2cccc(S(N)(=O)=O)c2)cn1. The summed E-state index contributed by atoms with van der Waals surface area (Å²) in [6.07, 6.45) is 2.59. The Bertz CT molecular complexity index is 856. The number of hydrogen-bond donors (Lipinski definition) is 2. The van der Waals surface area contributed by atoms with Crippen LogP contribution < -0.4 is 9.86 Å². The average molecular weight is 330 g/mol. The van der Waals surface area contributed by atoms with Gasteiger partial charge in [0.05, 0.1) is 11.1 Å². The average Bonchev–Trinajstić information content (AvgIpc) is 2.83. The molecule has 1 aromatic heterocycles. The summed E-state index contributed by atoms with van der Waals surface area (Å²) in [5.74, 6) is 0. The van der Waals surface area contributed by atoms with Crippen LogP contribution in [0, 0.1) is 0 Å². The fraction of sp³-hybridized carbons (Fsp3) is 0.182. The first-order valence-electron chi connectivity index (χ1n) is 5.78. The molecule has 1 aromatic carbocycles. The molecule has 0 amide bonds. The number of nitrogens with one attached hydrogen (secondary N) is 1. The standard InChI is InChI=1S/C11H14N4O4S2/c1-15-8-11(7-13-15)21(18,19)14-6-9-3-2-4-10(5-9)20(12,16)17/h2-5,7-8,14H,6H2,1H3,(H2,12,16,17). The Morgan fingerprint density at radius 2 is 1.95 bits per heavy atom. The first-order chi connectivity index (χ1) is 9.68. The minimum atomic E-state index is -3.82. The van der Waals surface area contributed by atoms with Crippen molar-refractivity contribution < 1.29 is 16.8 Å². The maximum Gasteiger partial charge on any atom is 0.243 e. The Hall–Kier alpha value is -1.75. The molecule has 2 rings (SSSR count). The van der Waals surface area contributed by atoms with Crippen molar-refractivity contribution in [2.45, 2.75) is 16.3 Å². The highest BCUT2D eigenvalue weighted by Gasteiger charge is 2.16. The molecule has 0 saturated heterocycles. The normalized spacial score (nSPS) is 12.5. The van der Waals surface area contributed by atoms with Gasteiger partial charge in [-0.05, 0) is 17.7 Å². The number of rotatable bonds is 5. The Morgan fingerprint density at radius 1 is 1.24 bits per heavy atom. The van der Waals surface area contributed by atoms with Crippen molar-refractivity contribution in [1.29, 1.82) is 0 Å². The van der Waals surface area contributed by atoms with Crippen LogP contribution in [0.25, 0.3) is 0 Å². The van der Waals surface area contributed by atoms with E-state index in [-0.39, 0.29) is 16.3 Å². The molecule has 8 nitrogen and oxygen atoms in total. The molecule has 0 radical (unpaired) electrons. The molecule has 3 N–H and O–H groups in total. The zero-order chi connectivity index (χ0) is 15.7. The molecule has 0 unspecified atom stereocenters. The summed E-state index contributed by atoms with van der Waals surface area (Å²) < 4.78 is 50.2. The van der Waals surface area contributed by atoms with Gasteiger partial charge in [-0.2, -0.15) is 5.10 Å². The van der Waals surface area contributed by atoms with Gasteiger partial charge >= 0.3 is 0 Å². The van der Waals surface area contributed by atoms with Gasteiger partial charge in [-0.1, -0.05) is 12.1 Å². The molecule has 0 fully saturated rings. The van der Waals surface area contributed by atoms with E-state index < -0.39 is 20.0 Å². The van der Waals surface area contributed by atoms with Gasteiger partial charge in [0.15, 0.2) is 0 Å². The van der Waals surface area contributed by atoms with Crippen LogP contribution in [0.3, 0.4) is 0 Å². The summed E-state index contributed by atoms with van der Waals surface area (Å²) in [5.41, 5.74) is 0.481. The van der Waals surface area contributed by atoms with E-state index in [2.05, 4.69) is 9.82 Å². The smallest absolute Gasteiger partial charge is 0.243 e. The van der Waals surface area contributed by atoms with Crippen molar-refractivity contribution in [2.75, 3.05) is 0 Å². The quantitative estimate of drug-likeness (QED) is 0.768. The van der Waals surface area contributed by atoms with Crippen molar-refractivity contribution in [3.8, 4) is 0 Å². The minimum absolute atomic E-state index is 0.0348. The molecule has 0 aliphatic carbocycles. The molecule has 2 aromatic rings. The van der Waals surface area contributed by atoms with Crippen molar-refractivity contribution in [3.63, 3.8) is 0 Å². The maximum absolute atomic E-state index is 12.0. The van der Waals surface area contributed by atoms with Gasteiger partial charge in [-0.15, -0.1) is 0 Å². The Balaban J connectivity index is 2.17. The van der Waals surface area contributed by atoms with E-state index in [9.17, 15) is 16.8 Å². The predicted octanol–water partition coefficient (Wildman–Crippen LogP) is -0.454. The Labute approximate surface area is 122 Å². The van der Waals surface area contributed by atoms with Crippen LogP contribution in [0.4, 0.5) is 0 Å². The third-order valence-corrected chi connectivity index (χ3v) is 4.95. The third-order valence-electron chi connectivity index (χ3n) is 2.68. The van der Waals surface area contributed by atoms with Crippen molar-refractivity contribution >= 4 is 20.0 Å². The van der Waals surface area contributed by atoms with E-state index in [0.717, 1.165) is 0 Å². The highest BCUT2D eigenvalue weighted by atomic mass is 32.2. The van der Waals surface area contributed by atoms with E-state index in [1.165, 1.54) is 35.3 Å². The molecule has 0 atom stereocenters. The summed E-state index contributed by atoms with van der Waals surface area (Å²) >= 11 is 0. The molecule has 0 spiro atoms. The fourth-order valence-electron chi connectivity index (χ4n) is 1.63. The van der Waals surface area contributed by atoms with Gasteiger partial charge in [0.25, 0.3) is 0 Å². The Kier molecular flexibility index (Phi) is 4.14. The van der Waals surface area contributed by atoms with E-state index in [4.69, 9.17) is 5.14 Å². The molecule has 1 heterocycles. The number of benzene rings is 1. The van der Waals surface area contributed by atoms with Gasteiger partial charge in [0, 0.05) is 19.8 Å². The second kappa shape index (κ2) is 5.56. The number of aromatic nitrogens is 2. The number of aryl methyl sites for hydroxylation is 1. The number of nitrogens with two attached hydrogens (primary N) is 1. The molecule has 21 heavy (non-hydrogen) atoms. The topological polar surface area (TPSA) is 124 Å².